The molecule has 0 radical (unpaired) electrons. The van der Waals surface area contributed by atoms with Gasteiger partial charge in [0.2, 0.25) is 5.75 Å². The molecule has 1 N–H and O–H groups in total. The van der Waals surface area contributed by atoms with Crippen LogP contribution in [0.25, 0.3) is 0 Å². The zero-order valence-electron chi connectivity index (χ0n) is 16.6. The molecule has 156 valence electrons. The second-order valence-corrected chi connectivity index (χ2v) is 8.26. The predicted octanol–water partition coefficient (Wildman–Crippen LogP) is 1.39. The summed E-state index contributed by atoms with van der Waals surface area (Å²) in [7, 11) is 1.15. The van der Waals surface area contributed by atoms with Crippen molar-refractivity contribution in [2.45, 2.75) is 13.0 Å². The number of nitrogens with zero attached hydrogens (tertiary/aromatic N) is 2. The van der Waals surface area contributed by atoms with Gasteiger partial charge in [0, 0.05) is 12.7 Å². The first-order chi connectivity index (χ1) is 13.8. The third-order valence-corrected chi connectivity index (χ3v) is 5.78. The van der Waals surface area contributed by atoms with Gasteiger partial charge in [0.1, 0.15) is 5.84 Å². The van der Waals surface area contributed by atoms with Crippen LogP contribution in [0.3, 0.4) is 0 Å². The molecule has 0 fully saturated rings. The number of hydrogen-bond donors (Lipinski definition) is 1. The van der Waals surface area contributed by atoms with Crippen LogP contribution in [0.5, 0.6) is 17.2 Å². The number of amides is 1. The summed E-state index contributed by atoms with van der Waals surface area (Å²) in [5.41, 5.74) is 1.18. The number of rotatable bonds is 6. The molecule has 0 saturated heterocycles. The fraction of sp³-hybridized carbons (Fsp3) is 0.368. The number of benzene rings is 1. The zero-order chi connectivity index (χ0) is 21.2. The molecule has 29 heavy (non-hydrogen) atoms. The van der Waals surface area contributed by atoms with Gasteiger partial charge < -0.3 is 24.4 Å². The summed E-state index contributed by atoms with van der Waals surface area (Å²) in [5.74, 6) is 1.39. The molecule has 1 amide bonds. The first-order valence-electron chi connectivity index (χ1n) is 8.88. The number of carbonyl (C=O) groups excluding carboxylic acids is 1. The Morgan fingerprint density at radius 1 is 1.14 bits per heavy atom. The van der Waals surface area contributed by atoms with Gasteiger partial charge in [-0.15, -0.1) is 4.40 Å². The van der Waals surface area contributed by atoms with Crippen molar-refractivity contribution in [3.63, 3.8) is 0 Å². The average Bonchev–Trinajstić information content (AvgIpc) is 2.71. The highest BCUT2D eigenvalue weighted by Gasteiger charge is 2.25. The van der Waals surface area contributed by atoms with Crippen molar-refractivity contribution < 1.29 is 27.4 Å². The first-order valence-corrected chi connectivity index (χ1v) is 10.5. The Labute approximate surface area is 169 Å². The molecule has 1 aromatic rings. The second kappa shape index (κ2) is 8.16. The monoisotopic (exact) mass is 421 g/mol. The normalized spacial score (nSPS) is 18.1. The molecule has 9 nitrogen and oxygen atoms in total. The molecule has 2 heterocycles. The van der Waals surface area contributed by atoms with Gasteiger partial charge in [0.15, 0.2) is 11.5 Å². The summed E-state index contributed by atoms with van der Waals surface area (Å²) < 4.78 is 42.9. The summed E-state index contributed by atoms with van der Waals surface area (Å²) in [5, 5.41) is 2.92. The lowest BCUT2D eigenvalue weighted by Gasteiger charge is -2.27. The summed E-state index contributed by atoms with van der Waals surface area (Å²) >= 11 is 0. The third kappa shape index (κ3) is 4.37. The third-order valence-electron chi connectivity index (χ3n) is 4.62. The lowest BCUT2D eigenvalue weighted by molar-refractivity contribution is -0.117. The van der Waals surface area contributed by atoms with E-state index >= 15 is 0 Å². The van der Waals surface area contributed by atoms with E-state index in [2.05, 4.69) is 9.71 Å². The molecule has 0 bridgehead atoms. The van der Waals surface area contributed by atoms with Crippen LogP contribution in [0.4, 0.5) is 0 Å². The average molecular weight is 421 g/mol. The van der Waals surface area contributed by atoms with Crippen LogP contribution in [-0.2, 0) is 14.8 Å². The topological polar surface area (TPSA) is 107 Å². The summed E-state index contributed by atoms with van der Waals surface area (Å²) in [6, 6.07) is 3.21. The summed E-state index contributed by atoms with van der Waals surface area (Å²) in [6.07, 6.45) is 4.67. The van der Waals surface area contributed by atoms with Gasteiger partial charge in [-0.3, -0.25) is 4.79 Å². The molecular weight excluding hydrogens is 398 g/mol. The molecule has 0 aliphatic carbocycles. The second-order valence-electron chi connectivity index (χ2n) is 6.50. The predicted molar refractivity (Wildman–Crippen MR) is 108 cm³/mol. The van der Waals surface area contributed by atoms with Gasteiger partial charge in [-0.05, 0) is 36.8 Å². The Hall–Kier alpha value is -3.01. The molecule has 2 aliphatic rings. The molecule has 1 atom stereocenters. The fourth-order valence-corrected chi connectivity index (χ4v) is 4.02. The maximum Gasteiger partial charge on any atom is 0.256 e. The minimum absolute atomic E-state index is 0.0857. The molecular formula is C19H23N3O6S. The number of hydrogen-bond acceptors (Lipinski definition) is 7. The van der Waals surface area contributed by atoms with E-state index in [1.54, 1.807) is 29.3 Å². The van der Waals surface area contributed by atoms with Crippen molar-refractivity contribution in [2.24, 2.45) is 4.40 Å². The van der Waals surface area contributed by atoms with Crippen LogP contribution in [0.2, 0.25) is 0 Å². The molecule has 0 spiro atoms. The fourth-order valence-electron chi connectivity index (χ4n) is 3.05. The minimum atomic E-state index is -3.43. The van der Waals surface area contributed by atoms with Crippen LogP contribution in [0, 0.1) is 0 Å². The van der Waals surface area contributed by atoms with Gasteiger partial charge in [-0.25, -0.2) is 8.42 Å². The SMILES string of the molecule is COc1cc([C@H](C)NC(=O)C2=CN3CCS(=O)(=O)N=C3C=C2)cc(OC)c1OC. The number of amidine groups is 1. The Kier molecular flexibility index (Phi) is 5.83. The molecule has 0 aromatic heterocycles. The molecule has 1 aromatic carbocycles. The maximum atomic E-state index is 12.7. The molecule has 10 heteroatoms. The van der Waals surface area contributed by atoms with Gasteiger partial charge in [-0.2, -0.15) is 0 Å². The van der Waals surface area contributed by atoms with E-state index in [1.165, 1.54) is 27.4 Å². The Morgan fingerprint density at radius 3 is 2.38 bits per heavy atom. The molecule has 0 unspecified atom stereocenters. The molecule has 2 aliphatic heterocycles. The van der Waals surface area contributed by atoms with E-state index in [4.69, 9.17) is 14.2 Å². The van der Waals surface area contributed by atoms with Crippen molar-refractivity contribution >= 4 is 21.8 Å². The van der Waals surface area contributed by atoms with Gasteiger partial charge in [-0.1, -0.05) is 0 Å². The lowest BCUT2D eigenvalue weighted by Crippen LogP contribution is -2.38. The van der Waals surface area contributed by atoms with E-state index in [0.717, 1.165) is 5.56 Å². The number of methoxy groups -OCH3 is 3. The smallest absolute Gasteiger partial charge is 0.256 e. The van der Waals surface area contributed by atoms with Gasteiger partial charge in [0.25, 0.3) is 15.9 Å². The van der Waals surface area contributed by atoms with E-state index in [1.807, 2.05) is 6.92 Å². The van der Waals surface area contributed by atoms with Crippen LogP contribution in [-0.4, -0.2) is 58.7 Å². The van der Waals surface area contributed by atoms with Crippen LogP contribution < -0.4 is 19.5 Å². The Morgan fingerprint density at radius 2 is 1.79 bits per heavy atom. The van der Waals surface area contributed by atoms with E-state index in [0.29, 0.717) is 28.7 Å². The standard InChI is InChI=1S/C19H23N3O6S/c1-12(14-9-15(26-2)18(28-4)16(10-14)27-3)20-19(23)13-5-6-17-21-29(24,25)8-7-22(17)11-13/h5-6,9-12H,7-8H2,1-4H3,(H,20,23)/t12-/m0/s1. The maximum absolute atomic E-state index is 12.7. The lowest BCUT2D eigenvalue weighted by atomic mass is 10.1. The van der Waals surface area contributed by atoms with Gasteiger partial charge >= 0.3 is 0 Å². The number of fused-ring (bicyclic) bond motifs is 1. The minimum Gasteiger partial charge on any atom is -0.493 e. The number of sulfonamides is 1. The van der Waals surface area contributed by atoms with Crippen LogP contribution in [0.15, 0.2) is 40.5 Å². The van der Waals surface area contributed by atoms with Crippen molar-refractivity contribution in [1.29, 1.82) is 0 Å². The van der Waals surface area contributed by atoms with E-state index in [-0.39, 0.29) is 24.2 Å². The number of nitrogens with one attached hydrogen (secondary N) is 1. The number of carbonyl (C=O) groups is 1. The summed E-state index contributed by atoms with van der Waals surface area (Å²) in [6.45, 7) is 2.09. The van der Waals surface area contributed by atoms with Crippen molar-refractivity contribution in [1.82, 2.24) is 10.2 Å². The summed E-state index contributed by atoms with van der Waals surface area (Å²) in [4.78, 5) is 14.4. The van der Waals surface area contributed by atoms with Crippen molar-refractivity contribution in [2.75, 3.05) is 33.6 Å². The highest BCUT2D eigenvalue weighted by atomic mass is 32.2. The van der Waals surface area contributed by atoms with E-state index < -0.39 is 10.0 Å². The van der Waals surface area contributed by atoms with Gasteiger partial charge in [0.05, 0.1) is 38.7 Å². The van der Waals surface area contributed by atoms with Crippen LogP contribution in [0.1, 0.15) is 18.5 Å². The quantitative estimate of drug-likeness (QED) is 0.740. The van der Waals surface area contributed by atoms with Crippen molar-refractivity contribution in [3.05, 3.63) is 41.6 Å². The largest absolute Gasteiger partial charge is 0.493 e. The Bertz CT molecular complexity index is 988. The zero-order valence-corrected chi connectivity index (χ0v) is 17.4. The first kappa shape index (κ1) is 20.7. The highest BCUT2D eigenvalue weighted by molar-refractivity contribution is 7.90. The highest BCUT2D eigenvalue weighted by Crippen LogP contribution is 2.39. The molecule has 3 rings (SSSR count). The van der Waals surface area contributed by atoms with E-state index in [9.17, 15) is 13.2 Å². The Balaban J connectivity index is 1.78. The molecule has 0 saturated carbocycles. The van der Waals surface area contributed by atoms with Crippen molar-refractivity contribution in [3.8, 4) is 17.2 Å². The number of ether oxygens (including phenoxy) is 3. The van der Waals surface area contributed by atoms with Crippen LogP contribution >= 0.6 is 0 Å².